The molecule has 0 aliphatic carbocycles. The fourth-order valence-electron chi connectivity index (χ4n) is 1.98. The maximum Gasteiger partial charge on any atom is 0.192 e. The Kier molecular flexibility index (Phi) is 2.56. The van der Waals surface area contributed by atoms with Crippen molar-refractivity contribution in [2.24, 2.45) is 0 Å². The highest BCUT2D eigenvalue weighted by Crippen LogP contribution is 2.24. The van der Waals surface area contributed by atoms with Gasteiger partial charge in [-0.1, -0.05) is 15.9 Å². The fraction of sp³-hybridized carbons (Fsp3) is 0.0769. The van der Waals surface area contributed by atoms with Crippen LogP contribution in [0.1, 0.15) is 5.56 Å². The summed E-state index contributed by atoms with van der Waals surface area (Å²) in [5, 5.41) is 0. The summed E-state index contributed by atoms with van der Waals surface area (Å²) in [5.74, 6) is 0.591. The van der Waals surface area contributed by atoms with Gasteiger partial charge in [-0.25, -0.2) is 4.98 Å². The zero-order valence-electron chi connectivity index (χ0n) is 9.62. The van der Waals surface area contributed by atoms with Crippen LogP contribution in [-0.2, 0) is 0 Å². The van der Waals surface area contributed by atoms with Gasteiger partial charge in [0.2, 0.25) is 0 Å². The van der Waals surface area contributed by atoms with E-state index in [1.165, 1.54) is 6.07 Å². The summed E-state index contributed by atoms with van der Waals surface area (Å²) in [6, 6.07) is 5.45. The van der Waals surface area contributed by atoms with Gasteiger partial charge in [0.05, 0.1) is 16.6 Å². The lowest BCUT2D eigenvalue weighted by Crippen LogP contribution is -2.03. The molecule has 1 aromatic carbocycles. The highest BCUT2D eigenvalue weighted by molar-refractivity contribution is 9.10. The molecule has 3 rings (SSSR count). The molecule has 0 saturated carbocycles. The van der Waals surface area contributed by atoms with Crippen molar-refractivity contribution in [3.05, 3.63) is 50.9 Å². The minimum Gasteiger partial charge on any atom is -0.367 e. The molecule has 0 fully saturated rings. The Balaban J connectivity index is 2.30. The summed E-state index contributed by atoms with van der Waals surface area (Å²) in [6.07, 6.45) is 3.26. The van der Waals surface area contributed by atoms with Crippen LogP contribution in [0.25, 0.3) is 22.4 Å². The number of H-pyrrole nitrogens is 2. The number of benzene rings is 1. The van der Waals surface area contributed by atoms with Crippen LogP contribution in [0.3, 0.4) is 0 Å². The van der Waals surface area contributed by atoms with Crippen molar-refractivity contribution in [3.63, 3.8) is 0 Å². The predicted octanol–water partition coefficient (Wildman–Crippen LogP) is 2.99. The molecule has 5 heteroatoms. The summed E-state index contributed by atoms with van der Waals surface area (Å²) in [7, 11) is 0. The lowest BCUT2D eigenvalue weighted by Gasteiger charge is -1.94. The molecule has 0 spiro atoms. The van der Waals surface area contributed by atoms with E-state index >= 15 is 0 Å². The second-order valence-corrected chi connectivity index (χ2v) is 5.04. The van der Waals surface area contributed by atoms with Gasteiger partial charge in [-0.2, -0.15) is 0 Å². The second-order valence-electron chi connectivity index (χ2n) is 4.13. The Bertz CT molecular complexity index is 788. The minimum atomic E-state index is -0.0514. The normalized spacial score (nSPS) is 11.0. The molecule has 2 aromatic heterocycles. The molecule has 2 N–H and O–H groups in total. The van der Waals surface area contributed by atoms with E-state index in [-0.39, 0.29) is 5.43 Å². The first-order valence-electron chi connectivity index (χ1n) is 5.48. The number of halogens is 1. The third-order valence-corrected chi connectivity index (χ3v) is 3.28. The van der Waals surface area contributed by atoms with Crippen LogP contribution in [-0.4, -0.2) is 15.0 Å². The number of aromatic amines is 2. The molecular formula is C13H10BrN3O. The predicted molar refractivity (Wildman–Crippen MR) is 74.6 cm³/mol. The number of nitrogens with one attached hydrogen (secondary N) is 2. The van der Waals surface area contributed by atoms with Crippen molar-refractivity contribution in [2.75, 3.05) is 0 Å². The van der Waals surface area contributed by atoms with Crippen molar-refractivity contribution in [1.29, 1.82) is 0 Å². The van der Waals surface area contributed by atoms with Crippen LogP contribution in [0.15, 0.2) is 39.9 Å². The molecule has 0 saturated heterocycles. The monoisotopic (exact) mass is 303 g/mol. The number of hydrogen-bond donors (Lipinski definition) is 2. The molecule has 0 aliphatic heterocycles. The third-order valence-electron chi connectivity index (χ3n) is 2.82. The topological polar surface area (TPSA) is 61.5 Å². The Morgan fingerprint density at radius 3 is 2.94 bits per heavy atom. The molecule has 0 radical (unpaired) electrons. The summed E-state index contributed by atoms with van der Waals surface area (Å²) in [4.78, 5) is 22.3. The van der Waals surface area contributed by atoms with Crippen molar-refractivity contribution in [1.82, 2.24) is 15.0 Å². The minimum absolute atomic E-state index is 0.0514. The molecular weight excluding hydrogens is 294 g/mol. The van der Waals surface area contributed by atoms with Gasteiger partial charge in [-0.05, 0) is 24.6 Å². The molecule has 18 heavy (non-hydrogen) atoms. The summed E-state index contributed by atoms with van der Waals surface area (Å²) < 4.78 is 0.990. The number of aryl methyl sites for hydroxylation is 1. The molecule has 0 bridgehead atoms. The van der Waals surface area contributed by atoms with Gasteiger partial charge in [0.1, 0.15) is 5.82 Å². The van der Waals surface area contributed by atoms with Gasteiger partial charge < -0.3 is 9.97 Å². The van der Waals surface area contributed by atoms with Crippen molar-refractivity contribution in [2.45, 2.75) is 6.92 Å². The molecule has 0 atom stereocenters. The van der Waals surface area contributed by atoms with Gasteiger partial charge in [0.25, 0.3) is 0 Å². The summed E-state index contributed by atoms with van der Waals surface area (Å²) in [6.45, 7) is 1.99. The van der Waals surface area contributed by atoms with E-state index in [1.54, 1.807) is 12.4 Å². The Morgan fingerprint density at radius 2 is 2.17 bits per heavy atom. The van der Waals surface area contributed by atoms with Gasteiger partial charge in [-0.15, -0.1) is 0 Å². The number of aromatic nitrogens is 3. The van der Waals surface area contributed by atoms with Crippen LogP contribution >= 0.6 is 15.9 Å². The molecule has 0 amide bonds. The highest BCUT2D eigenvalue weighted by Gasteiger charge is 2.10. The van der Waals surface area contributed by atoms with Crippen LogP contribution in [0.4, 0.5) is 0 Å². The van der Waals surface area contributed by atoms with Crippen LogP contribution in [0.5, 0.6) is 0 Å². The zero-order valence-corrected chi connectivity index (χ0v) is 11.2. The number of fused-ring (bicyclic) bond motifs is 1. The van der Waals surface area contributed by atoms with E-state index in [9.17, 15) is 4.79 Å². The first kappa shape index (κ1) is 11.2. The van der Waals surface area contributed by atoms with Crippen LogP contribution in [0.2, 0.25) is 0 Å². The molecule has 0 unspecified atom stereocenters. The van der Waals surface area contributed by atoms with E-state index in [4.69, 9.17) is 0 Å². The first-order chi connectivity index (χ1) is 8.65. The van der Waals surface area contributed by atoms with Crippen molar-refractivity contribution >= 4 is 27.0 Å². The third kappa shape index (κ3) is 1.76. The molecule has 2 heterocycles. The lowest BCUT2D eigenvalue weighted by atomic mass is 10.2. The summed E-state index contributed by atoms with van der Waals surface area (Å²) >= 11 is 3.45. The number of nitrogens with zero attached hydrogens (tertiary/aromatic N) is 1. The Hall–Kier alpha value is -1.88. The average molecular weight is 304 g/mol. The largest absolute Gasteiger partial charge is 0.367 e. The zero-order chi connectivity index (χ0) is 12.7. The maximum atomic E-state index is 11.8. The Morgan fingerprint density at radius 1 is 1.33 bits per heavy atom. The number of hydrogen-bond acceptors (Lipinski definition) is 2. The SMILES string of the molecule is Cc1cc(Br)cc2[nH]c(-c3c[nH]ccc3=O)nc12. The van der Waals surface area contributed by atoms with Crippen molar-refractivity contribution < 1.29 is 0 Å². The molecule has 4 nitrogen and oxygen atoms in total. The van der Waals surface area contributed by atoms with Gasteiger partial charge in [0.15, 0.2) is 5.43 Å². The van der Waals surface area contributed by atoms with E-state index < -0.39 is 0 Å². The van der Waals surface area contributed by atoms with E-state index in [0.29, 0.717) is 11.4 Å². The maximum absolute atomic E-state index is 11.8. The van der Waals surface area contributed by atoms with E-state index in [1.807, 2.05) is 19.1 Å². The van der Waals surface area contributed by atoms with E-state index in [0.717, 1.165) is 21.1 Å². The highest BCUT2D eigenvalue weighted by atomic mass is 79.9. The van der Waals surface area contributed by atoms with Gasteiger partial charge >= 0.3 is 0 Å². The second kappa shape index (κ2) is 4.10. The lowest BCUT2D eigenvalue weighted by molar-refractivity contribution is 1.25. The molecule has 0 aliphatic rings. The van der Waals surface area contributed by atoms with Crippen LogP contribution in [0, 0.1) is 6.92 Å². The number of pyridine rings is 1. The van der Waals surface area contributed by atoms with Crippen molar-refractivity contribution in [3.8, 4) is 11.4 Å². The smallest absolute Gasteiger partial charge is 0.192 e. The molecule has 90 valence electrons. The van der Waals surface area contributed by atoms with E-state index in [2.05, 4.69) is 30.9 Å². The summed E-state index contributed by atoms with van der Waals surface area (Å²) in [5.41, 5.74) is 3.36. The fourth-order valence-corrected chi connectivity index (χ4v) is 2.55. The van der Waals surface area contributed by atoms with Gasteiger partial charge in [0, 0.05) is 22.9 Å². The average Bonchev–Trinajstić information content (AvgIpc) is 2.73. The Labute approximate surface area is 111 Å². The van der Waals surface area contributed by atoms with Crippen LogP contribution < -0.4 is 5.43 Å². The number of rotatable bonds is 1. The first-order valence-corrected chi connectivity index (χ1v) is 6.28. The number of imidazole rings is 1. The quantitative estimate of drug-likeness (QED) is 0.726. The standard InChI is InChI=1S/C13H10BrN3O/c1-7-4-8(14)5-10-12(7)17-13(16-10)9-6-15-3-2-11(9)18/h2-6H,1H3,(H,15,18)(H,16,17). The molecule has 3 aromatic rings. The van der Waals surface area contributed by atoms with Gasteiger partial charge in [-0.3, -0.25) is 4.79 Å².